The molecule has 0 saturated carbocycles. The Morgan fingerprint density at radius 1 is 1.15 bits per heavy atom. The number of nitrogens with one attached hydrogen (secondary N) is 2. The third-order valence-corrected chi connectivity index (χ3v) is 3.44. The molecule has 0 saturated heterocycles. The molecule has 3 amide bonds. The maximum atomic E-state index is 11.8. The van der Waals surface area contributed by atoms with E-state index in [0.717, 1.165) is 5.56 Å². The number of ether oxygens (including phenoxy) is 1. The molecular weight excluding hydrogens is 358 g/mol. The van der Waals surface area contributed by atoms with E-state index in [-0.39, 0.29) is 26.0 Å². The van der Waals surface area contributed by atoms with Crippen molar-refractivity contribution in [3.8, 4) is 0 Å². The van der Waals surface area contributed by atoms with Crippen molar-refractivity contribution in [2.75, 3.05) is 6.54 Å². The molecule has 0 aliphatic rings. The number of carboxylic acids is 1. The Bertz CT molecular complexity index is 651. The van der Waals surface area contributed by atoms with Crippen molar-refractivity contribution >= 4 is 23.9 Å². The van der Waals surface area contributed by atoms with E-state index in [1.54, 1.807) is 24.3 Å². The second-order valence-corrected chi connectivity index (χ2v) is 5.76. The fourth-order valence-electron chi connectivity index (χ4n) is 2.07. The van der Waals surface area contributed by atoms with Gasteiger partial charge in [0.05, 0.1) is 12.5 Å². The van der Waals surface area contributed by atoms with Gasteiger partial charge in [0.2, 0.25) is 11.8 Å². The lowest BCUT2D eigenvalue weighted by atomic mass is 10.1. The van der Waals surface area contributed by atoms with Crippen molar-refractivity contribution in [3.63, 3.8) is 0 Å². The number of aliphatic hydroxyl groups is 1. The van der Waals surface area contributed by atoms with E-state index in [1.165, 1.54) is 0 Å². The summed E-state index contributed by atoms with van der Waals surface area (Å²) in [6.45, 7) is -0.176. The Morgan fingerprint density at radius 3 is 2.41 bits per heavy atom. The van der Waals surface area contributed by atoms with Crippen LogP contribution in [0.4, 0.5) is 4.79 Å². The predicted molar refractivity (Wildman–Crippen MR) is 93.2 cm³/mol. The number of hydrogen-bond acceptors (Lipinski definition) is 6. The first-order chi connectivity index (χ1) is 12.8. The molecule has 0 spiro atoms. The molecule has 0 bridgehead atoms. The number of aliphatic hydroxyl groups excluding tert-OH is 1. The third kappa shape index (κ3) is 9.80. The molecule has 0 unspecified atom stereocenters. The summed E-state index contributed by atoms with van der Waals surface area (Å²) >= 11 is 0. The van der Waals surface area contributed by atoms with Crippen LogP contribution in [0.25, 0.3) is 0 Å². The highest BCUT2D eigenvalue weighted by molar-refractivity contribution is 5.87. The quantitative estimate of drug-likeness (QED) is 0.344. The number of carbonyl (C=O) groups is 4. The molecule has 10 nitrogen and oxygen atoms in total. The standard InChI is InChI=1S/C17H23N3O7/c18-16(25)13(6-7-15(23)24)20-14(22)8-12(21)9-19-17(26)27-10-11-4-2-1-3-5-11/h1-5,12-13,21H,6-10H2,(H2,18,25)(H,19,26)(H,20,22)(H,23,24)/t12-,13-/m1/s1. The van der Waals surface area contributed by atoms with Crippen molar-refractivity contribution in [2.24, 2.45) is 5.73 Å². The van der Waals surface area contributed by atoms with Crippen LogP contribution in [0, 0.1) is 0 Å². The average molecular weight is 381 g/mol. The highest BCUT2D eigenvalue weighted by Gasteiger charge is 2.21. The van der Waals surface area contributed by atoms with Crippen LogP contribution in [0.3, 0.4) is 0 Å². The highest BCUT2D eigenvalue weighted by Crippen LogP contribution is 2.01. The van der Waals surface area contributed by atoms with E-state index in [9.17, 15) is 24.3 Å². The Labute approximate surface area is 155 Å². The van der Waals surface area contributed by atoms with E-state index in [0.29, 0.717) is 0 Å². The molecule has 148 valence electrons. The van der Waals surface area contributed by atoms with Crippen LogP contribution in [0.15, 0.2) is 30.3 Å². The second-order valence-electron chi connectivity index (χ2n) is 5.76. The molecule has 6 N–H and O–H groups in total. The van der Waals surface area contributed by atoms with Gasteiger partial charge in [0.25, 0.3) is 0 Å². The molecule has 0 radical (unpaired) electrons. The minimum Gasteiger partial charge on any atom is -0.481 e. The fourth-order valence-corrected chi connectivity index (χ4v) is 2.07. The van der Waals surface area contributed by atoms with E-state index >= 15 is 0 Å². The maximum absolute atomic E-state index is 11.8. The number of carboxylic acid groups (broad SMARTS) is 1. The van der Waals surface area contributed by atoms with Crippen LogP contribution in [-0.4, -0.2) is 52.8 Å². The van der Waals surface area contributed by atoms with Gasteiger partial charge in [-0.2, -0.15) is 0 Å². The lowest BCUT2D eigenvalue weighted by Gasteiger charge is -2.16. The van der Waals surface area contributed by atoms with Gasteiger partial charge in [0.1, 0.15) is 12.6 Å². The molecule has 0 heterocycles. The minimum absolute atomic E-state index is 0.0626. The summed E-state index contributed by atoms with van der Waals surface area (Å²) in [6, 6.07) is 7.85. The summed E-state index contributed by atoms with van der Waals surface area (Å²) < 4.78 is 4.96. The Balaban J connectivity index is 2.30. The summed E-state index contributed by atoms with van der Waals surface area (Å²) in [5.74, 6) is -2.70. The van der Waals surface area contributed by atoms with Gasteiger partial charge in [-0.15, -0.1) is 0 Å². The number of benzene rings is 1. The van der Waals surface area contributed by atoms with Crippen LogP contribution < -0.4 is 16.4 Å². The van der Waals surface area contributed by atoms with Gasteiger partial charge >= 0.3 is 12.1 Å². The third-order valence-electron chi connectivity index (χ3n) is 3.44. The minimum atomic E-state index is -1.22. The van der Waals surface area contributed by atoms with Gasteiger partial charge < -0.3 is 31.3 Å². The zero-order valence-electron chi connectivity index (χ0n) is 14.6. The summed E-state index contributed by atoms with van der Waals surface area (Å²) in [7, 11) is 0. The van der Waals surface area contributed by atoms with Crippen molar-refractivity contribution in [1.29, 1.82) is 0 Å². The largest absolute Gasteiger partial charge is 0.481 e. The molecule has 1 aromatic carbocycles. The Hall–Kier alpha value is -3.14. The first-order valence-electron chi connectivity index (χ1n) is 8.21. The monoisotopic (exact) mass is 381 g/mol. The maximum Gasteiger partial charge on any atom is 0.407 e. The summed E-state index contributed by atoms with van der Waals surface area (Å²) in [5.41, 5.74) is 5.90. The Kier molecular flexibility index (Phi) is 9.30. The molecule has 2 atom stereocenters. The molecule has 1 rings (SSSR count). The van der Waals surface area contributed by atoms with Gasteiger partial charge in [-0.1, -0.05) is 30.3 Å². The summed E-state index contributed by atoms with van der Waals surface area (Å²) in [6.07, 6.45) is -2.88. The molecule has 10 heteroatoms. The summed E-state index contributed by atoms with van der Waals surface area (Å²) in [5, 5.41) is 23.0. The van der Waals surface area contributed by atoms with Crippen molar-refractivity contribution in [3.05, 3.63) is 35.9 Å². The molecule has 27 heavy (non-hydrogen) atoms. The first-order valence-corrected chi connectivity index (χ1v) is 8.21. The first kappa shape index (κ1) is 21.9. The number of primary amides is 1. The number of aliphatic carboxylic acids is 1. The van der Waals surface area contributed by atoms with Crippen LogP contribution in [0.2, 0.25) is 0 Å². The number of amides is 3. The number of alkyl carbamates (subject to hydrolysis) is 1. The topological polar surface area (TPSA) is 168 Å². The molecule has 1 aromatic rings. The van der Waals surface area contributed by atoms with Gasteiger partial charge in [-0.25, -0.2) is 4.79 Å². The van der Waals surface area contributed by atoms with Gasteiger partial charge in [-0.3, -0.25) is 14.4 Å². The predicted octanol–water partition coefficient (Wildman–Crippen LogP) is -0.501. The van der Waals surface area contributed by atoms with Crippen molar-refractivity contribution in [2.45, 2.75) is 38.0 Å². The number of rotatable bonds is 11. The molecule has 0 aliphatic heterocycles. The van der Waals surface area contributed by atoms with Crippen LogP contribution in [0.5, 0.6) is 0 Å². The van der Waals surface area contributed by atoms with Crippen molar-refractivity contribution < 1.29 is 34.1 Å². The van der Waals surface area contributed by atoms with Crippen LogP contribution in [-0.2, 0) is 25.7 Å². The van der Waals surface area contributed by atoms with Gasteiger partial charge in [0, 0.05) is 13.0 Å². The Morgan fingerprint density at radius 2 is 1.81 bits per heavy atom. The van der Waals surface area contributed by atoms with E-state index in [1.807, 2.05) is 6.07 Å². The normalized spacial score (nSPS) is 12.5. The molecular formula is C17H23N3O7. The summed E-state index contributed by atoms with van der Waals surface area (Å²) in [4.78, 5) is 45.1. The molecule has 0 aromatic heterocycles. The van der Waals surface area contributed by atoms with Gasteiger partial charge in [-0.05, 0) is 12.0 Å². The number of hydrogen-bond donors (Lipinski definition) is 5. The lowest BCUT2D eigenvalue weighted by molar-refractivity contribution is -0.138. The number of nitrogens with two attached hydrogens (primary N) is 1. The average Bonchev–Trinajstić information content (AvgIpc) is 2.62. The zero-order valence-corrected chi connectivity index (χ0v) is 14.6. The zero-order chi connectivity index (χ0) is 20.2. The van der Waals surface area contributed by atoms with Crippen LogP contribution >= 0.6 is 0 Å². The highest BCUT2D eigenvalue weighted by atomic mass is 16.5. The fraction of sp³-hybridized carbons (Fsp3) is 0.412. The smallest absolute Gasteiger partial charge is 0.407 e. The lowest BCUT2D eigenvalue weighted by Crippen LogP contribution is -2.46. The number of carbonyl (C=O) groups excluding carboxylic acids is 3. The van der Waals surface area contributed by atoms with Crippen LogP contribution in [0.1, 0.15) is 24.8 Å². The molecule has 0 aliphatic carbocycles. The van der Waals surface area contributed by atoms with Gasteiger partial charge in [0.15, 0.2) is 0 Å². The van der Waals surface area contributed by atoms with Crippen molar-refractivity contribution in [1.82, 2.24) is 10.6 Å². The van der Waals surface area contributed by atoms with E-state index < -0.39 is 42.4 Å². The SMILES string of the molecule is NC(=O)[C@@H](CCC(=O)O)NC(=O)C[C@@H](O)CNC(=O)OCc1ccccc1. The van der Waals surface area contributed by atoms with E-state index in [2.05, 4.69) is 10.6 Å². The second kappa shape index (κ2) is 11.5. The van der Waals surface area contributed by atoms with E-state index in [4.69, 9.17) is 15.6 Å². The molecule has 0 fully saturated rings.